The van der Waals surface area contributed by atoms with Crippen LogP contribution in [0.1, 0.15) is 11.3 Å². The molecule has 1 amide bonds. The number of carbonyl (C=O) groups is 1. The summed E-state index contributed by atoms with van der Waals surface area (Å²) in [6.45, 7) is 0.235. The van der Waals surface area contributed by atoms with Crippen molar-refractivity contribution in [1.29, 1.82) is 0 Å². The van der Waals surface area contributed by atoms with E-state index < -0.39 is 11.2 Å². The van der Waals surface area contributed by atoms with E-state index in [1.807, 2.05) is 0 Å². The maximum atomic E-state index is 12.8. The van der Waals surface area contributed by atoms with Gasteiger partial charge in [0, 0.05) is 18.6 Å². The van der Waals surface area contributed by atoms with Gasteiger partial charge in [0.2, 0.25) is 5.91 Å². The highest BCUT2D eigenvalue weighted by Crippen LogP contribution is 2.13. The molecule has 0 unspecified atom stereocenters. The van der Waals surface area contributed by atoms with E-state index in [0.29, 0.717) is 11.3 Å². The van der Waals surface area contributed by atoms with Crippen LogP contribution in [0.5, 0.6) is 0 Å². The molecule has 0 aliphatic carbocycles. The van der Waals surface area contributed by atoms with Crippen LogP contribution in [0.25, 0.3) is 11.4 Å². The summed E-state index contributed by atoms with van der Waals surface area (Å²) in [7, 11) is 0. The van der Waals surface area contributed by atoms with Crippen molar-refractivity contribution in [2.45, 2.75) is 19.6 Å². The Morgan fingerprint density at radius 3 is 2.79 bits per heavy atom. The van der Waals surface area contributed by atoms with E-state index in [2.05, 4.69) is 15.3 Å². The zero-order chi connectivity index (χ0) is 20.2. The van der Waals surface area contributed by atoms with Crippen molar-refractivity contribution in [3.05, 3.63) is 93.4 Å². The molecular formula is C20H17N5O4. The Morgan fingerprint density at radius 2 is 2.03 bits per heavy atom. The lowest BCUT2D eigenvalue weighted by Gasteiger charge is -2.15. The van der Waals surface area contributed by atoms with Crippen molar-refractivity contribution in [2.24, 2.45) is 0 Å². The van der Waals surface area contributed by atoms with E-state index in [4.69, 9.17) is 4.42 Å². The lowest BCUT2D eigenvalue weighted by Crippen LogP contribution is -2.39. The molecule has 0 fully saturated rings. The molecule has 9 heteroatoms. The summed E-state index contributed by atoms with van der Waals surface area (Å²) < 4.78 is 7.71. The number of amides is 1. The van der Waals surface area contributed by atoms with E-state index in [1.54, 1.807) is 55.0 Å². The molecule has 4 rings (SSSR count). The second-order valence-electron chi connectivity index (χ2n) is 6.38. The van der Waals surface area contributed by atoms with Gasteiger partial charge in [-0.25, -0.2) is 4.79 Å². The van der Waals surface area contributed by atoms with Gasteiger partial charge in [-0.3, -0.25) is 19.1 Å². The molecule has 0 bridgehead atoms. The van der Waals surface area contributed by atoms with Gasteiger partial charge in [-0.15, -0.1) is 0 Å². The van der Waals surface area contributed by atoms with Gasteiger partial charge in [0.1, 0.15) is 12.3 Å². The molecule has 2 aliphatic heterocycles. The minimum atomic E-state index is -0.678. The molecule has 4 heterocycles. The number of carbonyl (C=O) groups excluding carboxylic acids is 1. The third kappa shape index (κ3) is 3.98. The first-order valence-electron chi connectivity index (χ1n) is 8.90. The van der Waals surface area contributed by atoms with Crippen molar-refractivity contribution in [2.75, 3.05) is 0 Å². The predicted octanol–water partition coefficient (Wildman–Crippen LogP) is 0.862. The highest BCUT2D eigenvalue weighted by molar-refractivity contribution is 5.76. The van der Waals surface area contributed by atoms with E-state index in [-0.39, 0.29) is 36.9 Å². The SMILES string of the molecule is O=C(Cn1cccc2c(=O)n(Cc3cccnc3)c(=O)nc1-2)NCc1ccco1. The number of hydrogen-bond acceptors (Lipinski definition) is 6. The lowest BCUT2D eigenvalue weighted by molar-refractivity contribution is -0.121. The molecule has 1 N–H and O–H groups in total. The zero-order valence-corrected chi connectivity index (χ0v) is 15.3. The first-order valence-corrected chi connectivity index (χ1v) is 8.90. The highest BCUT2D eigenvalue weighted by Gasteiger charge is 2.18. The standard InChI is InChI=1S/C20H17N5O4/c26-17(22-11-15-5-3-9-29-15)13-24-8-2-6-16-18(24)23-20(28)25(19(16)27)12-14-4-1-7-21-10-14/h1-10H,11-13H2,(H,22,26). The van der Waals surface area contributed by atoms with Crippen LogP contribution in [0.4, 0.5) is 0 Å². The summed E-state index contributed by atoms with van der Waals surface area (Å²) in [5.41, 5.74) is -0.166. The minimum Gasteiger partial charge on any atom is -0.467 e. The summed E-state index contributed by atoms with van der Waals surface area (Å²) in [4.78, 5) is 45.6. The number of furan rings is 1. The second-order valence-corrected chi connectivity index (χ2v) is 6.38. The van der Waals surface area contributed by atoms with Crippen LogP contribution < -0.4 is 16.6 Å². The summed E-state index contributed by atoms with van der Waals surface area (Å²) in [5.74, 6) is 0.491. The Balaban J connectivity index is 1.60. The summed E-state index contributed by atoms with van der Waals surface area (Å²) in [6, 6.07) is 10.2. The van der Waals surface area contributed by atoms with E-state index in [0.717, 1.165) is 4.57 Å². The van der Waals surface area contributed by atoms with Crippen molar-refractivity contribution in [1.82, 2.24) is 24.4 Å². The van der Waals surface area contributed by atoms with Gasteiger partial charge in [0.25, 0.3) is 5.56 Å². The van der Waals surface area contributed by atoms with Gasteiger partial charge in [0.05, 0.1) is 24.9 Å². The minimum absolute atomic E-state index is 0.0764. The van der Waals surface area contributed by atoms with Crippen LogP contribution in [-0.4, -0.2) is 25.0 Å². The Hall–Kier alpha value is -4.01. The van der Waals surface area contributed by atoms with Gasteiger partial charge < -0.3 is 14.3 Å². The summed E-state index contributed by atoms with van der Waals surface area (Å²) >= 11 is 0. The van der Waals surface area contributed by atoms with Gasteiger partial charge in [-0.05, 0) is 35.9 Å². The third-order valence-electron chi connectivity index (χ3n) is 4.37. The first-order chi connectivity index (χ1) is 14.1. The van der Waals surface area contributed by atoms with Crippen LogP contribution in [0.2, 0.25) is 0 Å². The fourth-order valence-electron chi connectivity index (χ4n) is 2.97. The molecule has 146 valence electrons. The first kappa shape index (κ1) is 18.4. The largest absolute Gasteiger partial charge is 0.467 e. The second kappa shape index (κ2) is 7.93. The van der Waals surface area contributed by atoms with Crippen molar-refractivity contribution >= 4 is 5.91 Å². The molecule has 2 aliphatic rings. The fourth-order valence-corrected chi connectivity index (χ4v) is 2.97. The molecule has 0 atom stereocenters. The molecule has 2 aromatic rings. The van der Waals surface area contributed by atoms with E-state index in [1.165, 1.54) is 10.8 Å². The maximum Gasteiger partial charge on any atom is 0.352 e. The molecule has 29 heavy (non-hydrogen) atoms. The van der Waals surface area contributed by atoms with Gasteiger partial charge in [-0.2, -0.15) is 4.98 Å². The molecule has 0 spiro atoms. The molecule has 0 saturated carbocycles. The molecule has 0 radical (unpaired) electrons. The fraction of sp³-hybridized carbons (Fsp3) is 0.150. The normalized spacial score (nSPS) is 10.9. The molecule has 0 saturated heterocycles. The highest BCUT2D eigenvalue weighted by atomic mass is 16.3. The number of aromatic nitrogens is 4. The van der Waals surface area contributed by atoms with E-state index >= 15 is 0 Å². The van der Waals surface area contributed by atoms with Crippen LogP contribution in [0.3, 0.4) is 0 Å². The summed E-state index contributed by atoms with van der Waals surface area (Å²) in [5, 5.41) is 2.72. The topological polar surface area (TPSA) is 112 Å². The van der Waals surface area contributed by atoms with E-state index in [9.17, 15) is 14.4 Å². The van der Waals surface area contributed by atoms with Crippen LogP contribution in [0, 0.1) is 0 Å². The number of fused-ring (bicyclic) bond motifs is 1. The Morgan fingerprint density at radius 1 is 1.14 bits per heavy atom. The van der Waals surface area contributed by atoms with Gasteiger partial charge >= 0.3 is 5.69 Å². The van der Waals surface area contributed by atoms with Crippen molar-refractivity contribution in [3.63, 3.8) is 0 Å². The number of nitrogens with zero attached hydrogens (tertiary/aromatic N) is 4. The number of nitrogens with one attached hydrogen (secondary N) is 1. The monoisotopic (exact) mass is 391 g/mol. The Kier molecular flexibility index (Phi) is 5.02. The molecular weight excluding hydrogens is 374 g/mol. The van der Waals surface area contributed by atoms with Crippen molar-refractivity contribution in [3.8, 4) is 11.4 Å². The molecule has 0 aromatic carbocycles. The van der Waals surface area contributed by atoms with Gasteiger partial charge in [0.15, 0.2) is 5.82 Å². The van der Waals surface area contributed by atoms with Crippen LogP contribution in [0.15, 0.2) is 75.3 Å². The number of hydrogen-bond donors (Lipinski definition) is 1. The predicted molar refractivity (Wildman–Crippen MR) is 103 cm³/mol. The Labute approximate surface area is 164 Å². The zero-order valence-electron chi connectivity index (χ0n) is 15.3. The van der Waals surface area contributed by atoms with Gasteiger partial charge in [-0.1, -0.05) is 6.07 Å². The smallest absolute Gasteiger partial charge is 0.352 e. The maximum absolute atomic E-state index is 12.8. The number of pyridine rings is 2. The third-order valence-corrected chi connectivity index (χ3v) is 4.37. The Bertz CT molecular complexity index is 1210. The van der Waals surface area contributed by atoms with Crippen LogP contribution >= 0.6 is 0 Å². The average Bonchev–Trinajstić information content (AvgIpc) is 3.25. The molecule has 2 aromatic heterocycles. The van der Waals surface area contributed by atoms with Crippen molar-refractivity contribution < 1.29 is 9.21 Å². The molecule has 9 nitrogen and oxygen atoms in total. The average molecular weight is 391 g/mol. The lowest BCUT2D eigenvalue weighted by atomic mass is 10.2. The summed E-state index contributed by atoms with van der Waals surface area (Å²) in [6.07, 6.45) is 6.33. The number of rotatable bonds is 6. The van der Waals surface area contributed by atoms with Crippen LogP contribution in [-0.2, 0) is 24.4 Å². The quantitative estimate of drug-likeness (QED) is 0.522.